The van der Waals surface area contributed by atoms with E-state index in [9.17, 15) is 0 Å². The zero-order chi connectivity index (χ0) is 33.6. The zero-order valence-corrected chi connectivity index (χ0v) is 28.0. The number of allylic oxidation sites excluding steroid dienone is 7. The molecule has 0 fully saturated rings. The Hall–Kier alpha value is -6.64. The molecule has 0 unspecified atom stereocenters. The molecule has 2 nitrogen and oxygen atoms in total. The van der Waals surface area contributed by atoms with Crippen molar-refractivity contribution in [3.63, 3.8) is 0 Å². The highest BCUT2D eigenvalue weighted by Gasteiger charge is 2.28. The van der Waals surface area contributed by atoms with Gasteiger partial charge in [-0.3, -0.25) is 0 Å². The third kappa shape index (κ3) is 3.99. The number of hydrogen-bond acceptors (Lipinski definition) is 0. The van der Waals surface area contributed by atoms with E-state index in [2.05, 4.69) is 180 Å². The lowest BCUT2D eigenvalue weighted by atomic mass is 9.94. The predicted molar refractivity (Wildman–Crippen MR) is 217 cm³/mol. The summed E-state index contributed by atoms with van der Waals surface area (Å²) in [7, 11) is 0. The summed E-state index contributed by atoms with van der Waals surface area (Å²) in [5.41, 5.74) is 16.3. The van der Waals surface area contributed by atoms with Gasteiger partial charge in [-0.15, -0.1) is 0 Å². The molecule has 0 spiro atoms. The second-order valence-electron chi connectivity index (χ2n) is 13.7. The van der Waals surface area contributed by atoms with E-state index in [1.54, 1.807) is 0 Å². The van der Waals surface area contributed by atoms with E-state index in [0.717, 1.165) is 6.42 Å². The minimum atomic E-state index is 0.841. The number of nitrogens with zero attached hydrogens (tertiary/aromatic N) is 2. The van der Waals surface area contributed by atoms with Gasteiger partial charge < -0.3 is 9.13 Å². The lowest BCUT2D eigenvalue weighted by molar-refractivity contribution is 1.12. The second kappa shape index (κ2) is 10.7. The van der Waals surface area contributed by atoms with Crippen LogP contribution in [0.4, 0.5) is 0 Å². The van der Waals surface area contributed by atoms with E-state index in [1.807, 2.05) is 6.08 Å². The number of para-hydroxylation sites is 2. The maximum atomic E-state index is 4.24. The van der Waals surface area contributed by atoms with Gasteiger partial charge in [0.1, 0.15) is 0 Å². The van der Waals surface area contributed by atoms with Gasteiger partial charge in [0.25, 0.3) is 0 Å². The van der Waals surface area contributed by atoms with Gasteiger partial charge in [-0.2, -0.15) is 0 Å². The van der Waals surface area contributed by atoms with Crippen LogP contribution in [0.3, 0.4) is 0 Å². The van der Waals surface area contributed by atoms with Crippen molar-refractivity contribution in [2.24, 2.45) is 0 Å². The van der Waals surface area contributed by atoms with Crippen LogP contribution in [0.1, 0.15) is 17.5 Å². The maximum absolute atomic E-state index is 4.24. The molecule has 7 aromatic carbocycles. The van der Waals surface area contributed by atoms with Crippen molar-refractivity contribution in [1.82, 2.24) is 9.13 Å². The summed E-state index contributed by atoms with van der Waals surface area (Å²) in [4.78, 5) is 0. The SMILES string of the molecule is C=CC1=C2CC(n3c4ccc(-c5ccc6c(c5)c5ccccc5n6-c5ccccc5)cc4c4ccc5ccccc5c43)=CC=C2c2ccccc21. The first kappa shape index (κ1) is 28.2. The third-order valence-corrected chi connectivity index (χ3v) is 11.1. The van der Waals surface area contributed by atoms with Crippen molar-refractivity contribution in [1.29, 1.82) is 0 Å². The average molecular weight is 649 g/mol. The summed E-state index contributed by atoms with van der Waals surface area (Å²) < 4.78 is 4.90. The van der Waals surface area contributed by atoms with E-state index in [4.69, 9.17) is 0 Å². The van der Waals surface area contributed by atoms with Crippen molar-refractivity contribution < 1.29 is 0 Å². The van der Waals surface area contributed by atoms with E-state index in [-0.39, 0.29) is 0 Å². The molecule has 0 amide bonds. The van der Waals surface area contributed by atoms with Gasteiger partial charge >= 0.3 is 0 Å². The molecule has 0 N–H and O–H groups in total. The Morgan fingerprint density at radius 2 is 1.14 bits per heavy atom. The van der Waals surface area contributed by atoms with Crippen molar-refractivity contribution in [2.45, 2.75) is 6.42 Å². The number of aromatic nitrogens is 2. The molecule has 0 aliphatic heterocycles. The molecule has 0 atom stereocenters. The molecule has 9 aromatic rings. The molecule has 0 radical (unpaired) electrons. The molecular weight excluding hydrogens is 617 g/mol. The minimum absolute atomic E-state index is 0.841. The Kier molecular flexibility index (Phi) is 5.91. The second-order valence-corrected chi connectivity index (χ2v) is 13.7. The van der Waals surface area contributed by atoms with Gasteiger partial charge in [0.2, 0.25) is 0 Å². The highest BCUT2D eigenvalue weighted by atomic mass is 15.0. The number of hydrogen-bond donors (Lipinski definition) is 0. The van der Waals surface area contributed by atoms with Crippen LogP contribution in [0.15, 0.2) is 182 Å². The Labute approximate surface area is 295 Å². The number of fused-ring (bicyclic) bond motifs is 11. The predicted octanol–water partition coefficient (Wildman–Crippen LogP) is 13.0. The first-order chi connectivity index (χ1) is 25.3. The molecule has 2 heteroatoms. The zero-order valence-electron chi connectivity index (χ0n) is 28.0. The summed E-state index contributed by atoms with van der Waals surface area (Å²) in [6.07, 6.45) is 7.54. The fourth-order valence-corrected chi connectivity index (χ4v) is 8.88. The summed E-state index contributed by atoms with van der Waals surface area (Å²) in [6.45, 7) is 4.24. The van der Waals surface area contributed by atoms with Gasteiger partial charge in [-0.25, -0.2) is 0 Å². The molecule has 2 aromatic heterocycles. The van der Waals surface area contributed by atoms with E-state index in [0.29, 0.717) is 0 Å². The van der Waals surface area contributed by atoms with Gasteiger partial charge in [-0.05, 0) is 92.9 Å². The van der Waals surface area contributed by atoms with E-state index in [1.165, 1.54) is 105 Å². The molecule has 2 aliphatic carbocycles. The topological polar surface area (TPSA) is 9.86 Å². The summed E-state index contributed by atoms with van der Waals surface area (Å²) >= 11 is 0. The summed E-state index contributed by atoms with van der Waals surface area (Å²) in [5.74, 6) is 0. The third-order valence-electron chi connectivity index (χ3n) is 11.1. The molecule has 11 rings (SSSR count). The van der Waals surface area contributed by atoms with Crippen LogP contribution in [0.5, 0.6) is 0 Å². The lowest BCUT2D eigenvalue weighted by Gasteiger charge is -2.19. The fourth-order valence-electron chi connectivity index (χ4n) is 8.88. The van der Waals surface area contributed by atoms with Crippen LogP contribution in [0.25, 0.3) is 88.0 Å². The highest BCUT2D eigenvalue weighted by Crippen LogP contribution is 2.49. The molecule has 51 heavy (non-hydrogen) atoms. The van der Waals surface area contributed by atoms with E-state index < -0.39 is 0 Å². The van der Waals surface area contributed by atoms with Gasteiger partial charge in [0.05, 0.1) is 22.1 Å². The minimum Gasteiger partial charge on any atom is -0.312 e. The number of rotatable bonds is 4. The maximum Gasteiger partial charge on any atom is 0.0616 e. The Morgan fingerprint density at radius 1 is 0.490 bits per heavy atom. The van der Waals surface area contributed by atoms with Gasteiger partial charge in [0, 0.05) is 44.7 Å². The molecule has 238 valence electrons. The molecular formula is C49H32N2. The van der Waals surface area contributed by atoms with Crippen LogP contribution >= 0.6 is 0 Å². The summed E-state index contributed by atoms with van der Waals surface area (Å²) in [5, 5.41) is 7.59. The molecule has 2 heterocycles. The van der Waals surface area contributed by atoms with Crippen LogP contribution in [-0.4, -0.2) is 9.13 Å². The van der Waals surface area contributed by atoms with Gasteiger partial charge in [0.15, 0.2) is 0 Å². The highest BCUT2D eigenvalue weighted by molar-refractivity contribution is 6.20. The molecule has 0 bridgehead atoms. The molecule has 0 saturated carbocycles. The molecule has 2 aliphatic rings. The van der Waals surface area contributed by atoms with Crippen molar-refractivity contribution >= 4 is 71.2 Å². The molecule has 0 saturated heterocycles. The van der Waals surface area contributed by atoms with Crippen molar-refractivity contribution in [3.8, 4) is 16.8 Å². The first-order valence-electron chi connectivity index (χ1n) is 17.7. The van der Waals surface area contributed by atoms with Crippen LogP contribution in [0.2, 0.25) is 0 Å². The normalized spacial score (nSPS) is 14.0. The van der Waals surface area contributed by atoms with Crippen molar-refractivity contribution in [2.75, 3.05) is 0 Å². The first-order valence-corrected chi connectivity index (χ1v) is 17.7. The van der Waals surface area contributed by atoms with Gasteiger partial charge in [-0.1, -0.05) is 128 Å². The van der Waals surface area contributed by atoms with Crippen LogP contribution < -0.4 is 0 Å². The summed E-state index contributed by atoms with van der Waals surface area (Å²) in [6, 6.07) is 55.6. The number of benzene rings is 7. The standard InChI is InChI=1S/C49H32N2/c1-2-36-38-16-8-9-17-39(38)40-25-23-35(30-43(36)40)51-48-27-22-33(29-45(48)42-24-20-31-12-6-7-15-37(31)49(42)51)32-21-26-47-44(28-32)41-18-10-11-19-46(41)50(47)34-13-4-3-5-14-34/h2-29H,1,30H2. The monoisotopic (exact) mass is 648 g/mol. The Morgan fingerprint density at radius 3 is 1.94 bits per heavy atom. The average Bonchev–Trinajstić information content (AvgIpc) is 3.83. The largest absolute Gasteiger partial charge is 0.312 e. The van der Waals surface area contributed by atoms with E-state index >= 15 is 0 Å². The van der Waals surface area contributed by atoms with Crippen LogP contribution in [0, 0.1) is 0 Å². The smallest absolute Gasteiger partial charge is 0.0616 e. The quantitative estimate of drug-likeness (QED) is 0.180. The Balaban J connectivity index is 1.13. The lowest BCUT2D eigenvalue weighted by Crippen LogP contribution is -2.03. The van der Waals surface area contributed by atoms with Crippen molar-refractivity contribution in [3.05, 3.63) is 193 Å². The fraction of sp³-hybridized carbons (Fsp3) is 0.0204. The Bertz CT molecular complexity index is 3050. The van der Waals surface area contributed by atoms with Crippen LogP contribution in [-0.2, 0) is 0 Å².